The lowest BCUT2D eigenvalue weighted by Gasteiger charge is -2.14. The largest absolute Gasteiger partial charge is 0.348 e. The summed E-state index contributed by atoms with van der Waals surface area (Å²) in [6.45, 7) is 4.57. The molecule has 1 aromatic carbocycles. The first-order valence-electron chi connectivity index (χ1n) is 5.99. The molecule has 0 saturated heterocycles. The van der Waals surface area contributed by atoms with Crippen LogP contribution in [-0.4, -0.2) is 25.5 Å². The van der Waals surface area contributed by atoms with Crippen LogP contribution in [0.3, 0.4) is 0 Å². The first-order chi connectivity index (χ1) is 8.25. The van der Waals surface area contributed by atoms with Crippen LogP contribution in [0, 0.1) is 6.92 Å². The standard InChI is InChI=1S/C14H18N2O/c1-11-3-2-4-13(9-11)14(17)16-10-12-5-7-15-8-6-12/h2-5,9,15H,6-8,10H2,1H3,(H,16,17). The highest BCUT2D eigenvalue weighted by atomic mass is 16.1. The van der Waals surface area contributed by atoms with Crippen molar-refractivity contribution in [1.82, 2.24) is 10.6 Å². The third-order valence-corrected chi connectivity index (χ3v) is 2.91. The molecule has 0 spiro atoms. The van der Waals surface area contributed by atoms with E-state index in [0.717, 1.165) is 30.6 Å². The van der Waals surface area contributed by atoms with Crippen molar-refractivity contribution >= 4 is 5.91 Å². The molecule has 0 atom stereocenters. The molecule has 0 saturated carbocycles. The van der Waals surface area contributed by atoms with Crippen molar-refractivity contribution in [2.75, 3.05) is 19.6 Å². The summed E-state index contributed by atoms with van der Waals surface area (Å²) in [6, 6.07) is 7.66. The molecule has 0 aromatic heterocycles. The van der Waals surface area contributed by atoms with Gasteiger partial charge in [0.15, 0.2) is 0 Å². The van der Waals surface area contributed by atoms with E-state index < -0.39 is 0 Å². The Morgan fingerprint density at radius 3 is 3.06 bits per heavy atom. The smallest absolute Gasteiger partial charge is 0.251 e. The Kier molecular flexibility index (Phi) is 3.94. The highest BCUT2D eigenvalue weighted by molar-refractivity contribution is 5.94. The van der Waals surface area contributed by atoms with Crippen molar-refractivity contribution in [2.45, 2.75) is 13.3 Å². The summed E-state index contributed by atoms with van der Waals surface area (Å²) in [5, 5.41) is 6.21. The van der Waals surface area contributed by atoms with Gasteiger partial charge in [0, 0.05) is 18.7 Å². The molecule has 3 heteroatoms. The number of nitrogens with one attached hydrogen (secondary N) is 2. The second-order valence-electron chi connectivity index (χ2n) is 4.37. The molecule has 2 rings (SSSR count). The molecule has 2 N–H and O–H groups in total. The first-order valence-corrected chi connectivity index (χ1v) is 5.99. The van der Waals surface area contributed by atoms with E-state index in [4.69, 9.17) is 0 Å². The maximum atomic E-state index is 11.9. The van der Waals surface area contributed by atoms with E-state index in [2.05, 4.69) is 16.7 Å². The molecule has 3 nitrogen and oxygen atoms in total. The Balaban J connectivity index is 1.91. The molecule has 0 radical (unpaired) electrons. The molecular weight excluding hydrogens is 212 g/mol. The fourth-order valence-electron chi connectivity index (χ4n) is 1.91. The summed E-state index contributed by atoms with van der Waals surface area (Å²) in [5.74, 6) is 0.00753. The molecular formula is C14H18N2O. The summed E-state index contributed by atoms with van der Waals surface area (Å²) in [7, 11) is 0. The molecule has 1 aliphatic heterocycles. The minimum Gasteiger partial charge on any atom is -0.348 e. The quantitative estimate of drug-likeness (QED) is 0.775. The number of hydrogen-bond donors (Lipinski definition) is 2. The molecule has 0 aliphatic carbocycles. The Bertz CT molecular complexity index is 438. The van der Waals surface area contributed by atoms with Gasteiger partial charge in [0.25, 0.3) is 5.91 Å². The normalized spacial score (nSPS) is 15.2. The van der Waals surface area contributed by atoms with Crippen molar-refractivity contribution < 1.29 is 4.79 Å². The number of carbonyl (C=O) groups is 1. The van der Waals surface area contributed by atoms with Crippen LogP contribution in [0.15, 0.2) is 35.9 Å². The third kappa shape index (κ3) is 3.43. The van der Waals surface area contributed by atoms with Crippen molar-refractivity contribution in [1.29, 1.82) is 0 Å². The Labute approximate surface area is 102 Å². The minimum absolute atomic E-state index is 0.00753. The molecule has 90 valence electrons. The summed E-state index contributed by atoms with van der Waals surface area (Å²) in [5.41, 5.74) is 3.16. The van der Waals surface area contributed by atoms with Gasteiger partial charge in [0.2, 0.25) is 0 Å². The average molecular weight is 230 g/mol. The SMILES string of the molecule is Cc1cccc(C(=O)NCC2=CCNCC2)c1. The zero-order chi connectivity index (χ0) is 12.1. The zero-order valence-corrected chi connectivity index (χ0v) is 10.1. The van der Waals surface area contributed by atoms with E-state index in [9.17, 15) is 4.79 Å². The van der Waals surface area contributed by atoms with Crippen LogP contribution in [0.25, 0.3) is 0 Å². The van der Waals surface area contributed by atoms with Gasteiger partial charge >= 0.3 is 0 Å². The molecule has 17 heavy (non-hydrogen) atoms. The van der Waals surface area contributed by atoms with Crippen LogP contribution < -0.4 is 10.6 Å². The lowest BCUT2D eigenvalue weighted by atomic mass is 10.1. The van der Waals surface area contributed by atoms with Gasteiger partial charge < -0.3 is 10.6 Å². The fraction of sp³-hybridized carbons (Fsp3) is 0.357. The second-order valence-corrected chi connectivity index (χ2v) is 4.37. The number of carbonyl (C=O) groups excluding carboxylic acids is 1. The van der Waals surface area contributed by atoms with Crippen LogP contribution in [-0.2, 0) is 0 Å². The van der Waals surface area contributed by atoms with E-state index >= 15 is 0 Å². The number of amides is 1. The Morgan fingerprint density at radius 2 is 2.35 bits per heavy atom. The number of aryl methyl sites for hydroxylation is 1. The van der Waals surface area contributed by atoms with Crippen molar-refractivity contribution in [3.63, 3.8) is 0 Å². The predicted molar refractivity (Wildman–Crippen MR) is 69.1 cm³/mol. The van der Waals surface area contributed by atoms with Gasteiger partial charge in [0.05, 0.1) is 0 Å². The van der Waals surface area contributed by atoms with Crippen LogP contribution in [0.4, 0.5) is 0 Å². The summed E-state index contributed by atoms with van der Waals surface area (Å²) < 4.78 is 0. The lowest BCUT2D eigenvalue weighted by molar-refractivity contribution is 0.0956. The fourth-order valence-corrected chi connectivity index (χ4v) is 1.91. The third-order valence-electron chi connectivity index (χ3n) is 2.91. The van der Waals surface area contributed by atoms with Crippen molar-refractivity contribution in [2.24, 2.45) is 0 Å². The Morgan fingerprint density at radius 1 is 1.47 bits per heavy atom. The second kappa shape index (κ2) is 5.64. The van der Waals surface area contributed by atoms with Crippen molar-refractivity contribution in [3.05, 3.63) is 47.0 Å². The average Bonchev–Trinajstić information content (AvgIpc) is 2.37. The summed E-state index contributed by atoms with van der Waals surface area (Å²) in [4.78, 5) is 11.9. The highest BCUT2D eigenvalue weighted by Crippen LogP contribution is 2.05. The number of benzene rings is 1. The van der Waals surface area contributed by atoms with E-state index in [1.165, 1.54) is 5.57 Å². The van der Waals surface area contributed by atoms with Gasteiger partial charge in [-0.05, 0) is 32.0 Å². The minimum atomic E-state index is 0.00753. The van der Waals surface area contributed by atoms with E-state index in [-0.39, 0.29) is 5.91 Å². The monoisotopic (exact) mass is 230 g/mol. The molecule has 1 aromatic rings. The van der Waals surface area contributed by atoms with Gasteiger partial charge in [-0.25, -0.2) is 0 Å². The maximum absolute atomic E-state index is 11.9. The zero-order valence-electron chi connectivity index (χ0n) is 10.1. The molecule has 0 bridgehead atoms. The van der Waals surface area contributed by atoms with E-state index in [1.807, 2.05) is 31.2 Å². The van der Waals surface area contributed by atoms with E-state index in [1.54, 1.807) is 0 Å². The van der Waals surface area contributed by atoms with Crippen LogP contribution in [0.1, 0.15) is 22.3 Å². The maximum Gasteiger partial charge on any atom is 0.251 e. The van der Waals surface area contributed by atoms with Crippen molar-refractivity contribution in [3.8, 4) is 0 Å². The van der Waals surface area contributed by atoms with E-state index in [0.29, 0.717) is 6.54 Å². The summed E-state index contributed by atoms with van der Waals surface area (Å²) in [6.07, 6.45) is 3.17. The lowest BCUT2D eigenvalue weighted by Crippen LogP contribution is -2.29. The molecule has 1 heterocycles. The van der Waals surface area contributed by atoms with Gasteiger partial charge in [0.1, 0.15) is 0 Å². The van der Waals surface area contributed by atoms with Crippen LogP contribution >= 0.6 is 0 Å². The van der Waals surface area contributed by atoms with Crippen LogP contribution in [0.5, 0.6) is 0 Å². The molecule has 1 aliphatic rings. The van der Waals surface area contributed by atoms with Gasteiger partial charge in [-0.3, -0.25) is 4.79 Å². The molecule has 0 unspecified atom stereocenters. The summed E-state index contributed by atoms with van der Waals surface area (Å²) >= 11 is 0. The predicted octanol–water partition coefficient (Wildman–Crippen LogP) is 1.64. The Hall–Kier alpha value is -1.61. The highest BCUT2D eigenvalue weighted by Gasteiger charge is 2.07. The first kappa shape index (κ1) is 11.9. The molecule has 1 amide bonds. The van der Waals surface area contributed by atoms with Crippen LogP contribution in [0.2, 0.25) is 0 Å². The van der Waals surface area contributed by atoms with Gasteiger partial charge in [-0.15, -0.1) is 0 Å². The molecule has 0 fully saturated rings. The van der Waals surface area contributed by atoms with Gasteiger partial charge in [-0.1, -0.05) is 29.3 Å². The topological polar surface area (TPSA) is 41.1 Å². The number of hydrogen-bond acceptors (Lipinski definition) is 2. The number of rotatable bonds is 3. The van der Waals surface area contributed by atoms with Gasteiger partial charge in [-0.2, -0.15) is 0 Å².